The Hall–Kier alpha value is -2.44. The van der Waals surface area contributed by atoms with Crippen LogP contribution in [0.4, 0.5) is 0 Å². The molecule has 1 aliphatic rings. The second-order valence-corrected chi connectivity index (χ2v) is 9.42. The van der Waals surface area contributed by atoms with E-state index in [9.17, 15) is 4.79 Å². The van der Waals surface area contributed by atoms with Gasteiger partial charge in [0.1, 0.15) is 5.52 Å². The Morgan fingerprint density at radius 3 is 2.58 bits per heavy atom. The molecule has 0 N–H and O–H groups in total. The normalized spacial score (nSPS) is 16.7. The fraction of sp³-hybridized carbons (Fsp3) is 0.520. The smallest absolute Gasteiger partial charge is 0.192 e. The van der Waals surface area contributed by atoms with Gasteiger partial charge in [-0.05, 0) is 72.1 Å². The lowest BCUT2D eigenvalue weighted by molar-refractivity contribution is -0.0580. The Kier molecular flexibility index (Phi) is 5.79. The highest BCUT2D eigenvalue weighted by Crippen LogP contribution is 2.35. The molecule has 6 nitrogen and oxygen atoms in total. The van der Waals surface area contributed by atoms with Crippen LogP contribution in [0.15, 0.2) is 33.8 Å². The summed E-state index contributed by atoms with van der Waals surface area (Å²) in [5.74, 6) is 0. The Balaban J connectivity index is 1.95. The zero-order chi connectivity index (χ0) is 22.3. The molecule has 1 fully saturated rings. The summed E-state index contributed by atoms with van der Waals surface area (Å²) in [6, 6.07) is 6.04. The predicted molar refractivity (Wildman–Crippen MR) is 122 cm³/mol. The van der Waals surface area contributed by atoms with Crippen LogP contribution in [0.2, 0.25) is 0 Å². The van der Waals surface area contributed by atoms with Crippen molar-refractivity contribution in [2.24, 2.45) is 0 Å². The van der Waals surface area contributed by atoms with Crippen molar-refractivity contribution >= 4 is 11.1 Å². The maximum absolute atomic E-state index is 13.7. The quantitative estimate of drug-likeness (QED) is 0.553. The van der Waals surface area contributed by atoms with Crippen molar-refractivity contribution in [3.05, 3.63) is 51.8 Å². The lowest BCUT2D eigenvalue weighted by atomic mass is 9.95. The number of ether oxygens (including phenoxy) is 2. The topological polar surface area (TPSA) is 66.5 Å². The molecule has 166 valence electrons. The van der Waals surface area contributed by atoms with Crippen molar-refractivity contribution < 1.29 is 13.9 Å². The molecule has 0 spiro atoms. The third-order valence-electron chi connectivity index (χ3n) is 6.03. The highest BCUT2D eigenvalue weighted by atomic mass is 16.5. The van der Waals surface area contributed by atoms with E-state index in [1.807, 2.05) is 59.7 Å². The van der Waals surface area contributed by atoms with Crippen LogP contribution in [0.25, 0.3) is 22.2 Å². The molecule has 1 aliphatic heterocycles. The molecular formula is C25H32N2O4. The van der Waals surface area contributed by atoms with Crippen molar-refractivity contribution in [3.8, 4) is 11.1 Å². The van der Waals surface area contributed by atoms with Crippen molar-refractivity contribution in [1.82, 2.24) is 9.55 Å². The standard InChI is InChI=1S/C25H32N2O4/c1-15-23(17(3)31-25(4,5)6)27(19-9-11-29-12-10-19)16(2)22(24(15)28)18-7-8-20-21(13-18)30-14-26-20/h7-8,13-14,17,19H,9-12H2,1-6H3. The first kappa shape index (κ1) is 21.8. The van der Waals surface area contributed by atoms with Gasteiger partial charge >= 0.3 is 0 Å². The number of rotatable bonds is 4. The zero-order valence-corrected chi connectivity index (χ0v) is 19.3. The first-order chi connectivity index (χ1) is 14.7. The van der Waals surface area contributed by atoms with Gasteiger partial charge in [-0.15, -0.1) is 0 Å². The molecule has 3 heterocycles. The molecule has 31 heavy (non-hydrogen) atoms. The summed E-state index contributed by atoms with van der Waals surface area (Å²) in [5, 5.41) is 0. The van der Waals surface area contributed by atoms with E-state index >= 15 is 0 Å². The number of hydrogen-bond donors (Lipinski definition) is 0. The lowest BCUT2D eigenvalue weighted by Gasteiger charge is -2.35. The molecule has 4 rings (SSSR count). The summed E-state index contributed by atoms with van der Waals surface area (Å²) < 4.78 is 19.8. The largest absolute Gasteiger partial charge is 0.443 e. The van der Waals surface area contributed by atoms with Gasteiger partial charge in [0.15, 0.2) is 17.4 Å². The van der Waals surface area contributed by atoms with Gasteiger partial charge < -0.3 is 18.5 Å². The maximum atomic E-state index is 13.7. The molecule has 0 saturated carbocycles. The first-order valence-corrected chi connectivity index (χ1v) is 11.0. The van der Waals surface area contributed by atoms with Crippen LogP contribution in [-0.4, -0.2) is 28.4 Å². The van der Waals surface area contributed by atoms with Crippen LogP contribution in [0.3, 0.4) is 0 Å². The van der Waals surface area contributed by atoms with Crippen LogP contribution in [0, 0.1) is 13.8 Å². The fourth-order valence-corrected chi connectivity index (χ4v) is 4.80. The Morgan fingerprint density at radius 2 is 1.90 bits per heavy atom. The van der Waals surface area contributed by atoms with E-state index in [-0.39, 0.29) is 23.2 Å². The van der Waals surface area contributed by atoms with Gasteiger partial charge in [-0.1, -0.05) is 6.07 Å². The first-order valence-electron chi connectivity index (χ1n) is 11.0. The zero-order valence-electron chi connectivity index (χ0n) is 19.3. The molecule has 3 aromatic rings. The molecule has 0 radical (unpaired) electrons. The number of benzene rings is 1. The van der Waals surface area contributed by atoms with Gasteiger partial charge in [0.2, 0.25) is 0 Å². The number of oxazole rings is 1. The van der Waals surface area contributed by atoms with E-state index in [1.54, 1.807) is 0 Å². The van der Waals surface area contributed by atoms with Gasteiger partial charge in [0, 0.05) is 36.1 Å². The fourth-order valence-electron chi connectivity index (χ4n) is 4.80. The minimum absolute atomic E-state index is 0.0408. The minimum Gasteiger partial charge on any atom is -0.443 e. The number of fused-ring (bicyclic) bond motifs is 1. The minimum atomic E-state index is -0.313. The third kappa shape index (κ3) is 4.19. The Labute approximate surface area is 183 Å². The van der Waals surface area contributed by atoms with Crippen LogP contribution in [0.1, 0.15) is 69.6 Å². The Morgan fingerprint density at radius 1 is 1.19 bits per heavy atom. The van der Waals surface area contributed by atoms with Gasteiger partial charge in [-0.2, -0.15) is 0 Å². The summed E-state index contributed by atoms with van der Waals surface area (Å²) in [6.45, 7) is 13.6. The van der Waals surface area contributed by atoms with Gasteiger partial charge in [0.05, 0.1) is 17.4 Å². The predicted octanol–water partition coefficient (Wildman–Crippen LogP) is 5.50. The summed E-state index contributed by atoms with van der Waals surface area (Å²) in [5.41, 5.74) is 5.43. The van der Waals surface area contributed by atoms with E-state index in [0.29, 0.717) is 11.1 Å². The van der Waals surface area contributed by atoms with Crippen molar-refractivity contribution in [2.75, 3.05) is 13.2 Å². The summed E-state index contributed by atoms with van der Waals surface area (Å²) in [4.78, 5) is 17.8. The maximum Gasteiger partial charge on any atom is 0.192 e. The molecule has 1 unspecified atom stereocenters. The van der Waals surface area contributed by atoms with Gasteiger partial charge in [0.25, 0.3) is 0 Å². The molecular weight excluding hydrogens is 392 g/mol. The van der Waals surface area contributed by atoms with E-state index in [4.69, 9.17) is 13.9 Å². The SMILES string of the molecule is Cc1c(C(C)OC(C)(C)C)n(C2CCOCC2)c(C)c(-c2ccc3ncoc3c2)c1=O. The van der Waals surface area contributed by atoms with E-state index < -0.39 is 0 Å². The van der Waals surface area contributed by atoms with Crippen molar-refractivity contribution in [1.29, 1.82) is 0 Å². The highest BCUT2D eigenvalue weighted by molar-refractivity contribution is 5.80. The number of pyridine rings is 1. The molecule has 0 bridgehead atoms. The summed E-state index contributed by atoms with van der Waals surface area (Å²) in [6.07, 6.45) is 3.06. The average Bonchev–Trinajstić information content (AvgIpc) is 3.18. The number of hydrogen-bond acceptors (Lipinski definition) is 5. The second-order valence-electron chi connectivity index (χ2n) is 9.42. The molecule has 1 atom stereocenters. The van der Waals surface area contributed by atoms with Gasteiger partial charge in [-0.3, -0.25) is 4.79 Å². The molecule has 6 heteroatoms. The van der Waals surface area contributed by atoms with E-state index in [2.05, 4.69) is 9.55 Å². The van der Waals surface area contributed by atoms with Crippen molar-refractivity contribution in [3.63, 3.8) is 0 Å². The van der Waals surface area contributed by atoms with E-state index in [0.717, 1.165) is 54.1 Å². The number of aromatic nitrogens is 2. The molecule has 0 amide bonds. The van der Waals surface area contributed by atoms with Gasteiger partial charge in [-0.25, -0.2) is 4.98 Å². The van der Waals surface area contributed by atoms with Crippen LogP contribution < -0.4 is 5.43 Å². The summed E-state index contributed by atoms with van der Waals surface area (Å²) >= 11 is 0. The lowest BCUT2D eigenvalue weighted by Crippen LogP contribution is -2.32. The third-order valence-corrected chi connectivity index (χ3v) is 6.03. The van der Waals surface area contributed by atoms with Crippen LogP contribution in [0.5, 0.6) is 0 Å². The Bertz CT molecular complexity index is 1150. The molecule has 1 aromatic carbocycles. The van der Waals surface area contributed by atoms with Crippen LogP contribution in [-0.2, 0) is 9.47 Å². The molecule has 0 aliphatic carbocycles. The summed E-state index contributed by atoms with van der Waals surface area (Å²) in [7, 11) is 0. The molecule has 2 aromatic heterocycles. The van der Waals surface area contributed by atoms with Crippen molar-refractivity contribution in [2.45, 2.75) is 72.1 Å². The monoisotopic (exact) mass is 424 g/mol. The second kappa shape index (κ2) is 8.24. The average molecular weight is 425 g/mol. The van der Waals surface area contributed by atoms with Crippen LogP contribution >= 0.6 is 0 Å². The number of nitrogens with zero attached hydrogens (tertiary/aromatic N) is 2. The van der Waals surface area contributed by atoms with E-state index in [1.165, 1.54) is 6.39 Å². The molecule has 1 saturated heterocycles. The highest BCUT2D eigenvalue weighted by Gasteiger charge is 2.29.